The van der Waals surface area contributed by atoms with E-state index in [1.165, 1.54) is 25.7 Å². The van der Waals surface area contributed by atoms with Gasteiger partial charge in [-0.15, -0.1) is 0 Å². The van der Waals surface area contributed by atoms with Gasteiger partial charge in [-0.05, 0) is 45.1 Å². The van der Waals surface area contributed by atoms with Gasteiger partial charge in [-0.1, -0.05) is 26.2 Å². The first-order valence-electron chi connectivity index (χ1n) is 7.14. The van der Waals surface area contributed by atoms with Gasteiger partial charge in [-0.3, -0.25) is 4.79 Å². The van der Waals surface area contributed by atoms with Crippen molar-refractivity contribution in [1.82, 2.24) is 10.6 Å². The molecule has 0 bridgehead atoms. The van der Waals surface area contributed by atoms with Gasteiger partial charge >= 0.3 is 0 Å². The monoisotopic (exact) mass is 238 g/mol. The second-order valence-corrected chi connectivity index (χ2v) is 6.25. The molecule has 17 heavy (non-hydrogen) atoms. The van der Waals surface area contributed by atoms with Gasteiger partial charge in [0.15, 0.2) is 0 Å². The molecule has 2 aliphatic rings. The van der Waals surface area contributed by atoms with Gasteiger partial charge in [0.1, 0.15) is 0 Å². The maximum absolute atomic E-state index is 12.2. The maximum atomic E-state index is 12.2. The Morgan fingerprint density at radius 1 is 1.29 bits per heavy atom. The molecule has 2 rings (SSSR count). The van der Waals surface area contributed by atoms with Gasteiger partial charge in [-0.2, -0.15) is 0 Å². The zero-order valence-electron chi connectivity index (χ0n) is 11.2. The normalized spacial score (nSPS) is 33.1. The summed E-state index contributed by atoms with van der Waals surface area (Å²) in [5, 5.41) is 6.63. The summed E-state index contributed by atoms with van der Waals surface area (Å²) in [6, 6.07) is 0.0394. The summed E-state index contributed by atoms with van der Waals surface area (Å²) < 4.78 is 0. The van der Waals surface area contributed by atoms with Crippen LogP contribution in [0.3, 0.4) is 0 Å². The van der Waals surface area contributed by atoms with E-state index in [0.717, 1.165) is 25.8 Å². The fourth-order valence-corrected chi connectivity index (χ4v) is 3.15. The molecule has 0 aromatic heterocycles. The molecule has 0 aromatic rings. The van der Waals surface area contributed by atoms with E-state index in [4.69, 9.17) is 0 Å². The molecule has 0 spiro atoms. The third kappa shape index (κ3) is 3.44. The molecule has 3 nitrogen and oxygen atoms in total. The minimum absolute atomic E-state index is 0.0394. The Labute approximate surface area is 105 Å². The Kier molecular flexibility index (Phi) is 4.08. The minimum atomic E-state index is 0.0394. The minimum Gasteiger partial charge on any atom is -0.350 e. The van der Waals surface area contributed by atoms with Crippen LogP contribution in [0.5, 0.6) is 0 Å². The fraction of sp³-hybridized carbons (Fsp3) is 0.929. The van der Waals surface area contributed by atoms with Crippen LogP contribution in [0.4, 0.5) is 0 Å². The van der Waals surface area contributed by atoms with Crippen molar-refractivity contribution in [2.75, 3.05) is 6.54 Å². The largest absolute Gasteiger partial charge is 0.350 e. The lowest BCUT2D eigenvalue weighted by Gasteiger charge is -2.37. The second-order valence-electron chi connectivity index (χ2n) is 6.25. The van der Waals surface area contributed by atoms with Crippen LogP contribution in [0.2, 0.25) is 0 Å². The lowest BCUT2D eigenvalue weighted by Crippen LogP contribution is -2.55. The van der Waals surface area contributed by atoms with E-state index >= 15 is 0 Å². The van der Waals surface area contributed by atoms with Crippen molar-refractivity contribution < 1.29 is 4.79 Å². The van der Waals surface area contributed by atoms with E-state index in [-0.39, 0.29) is 17.5 Å². The Hall–Kier alpha value is -0.570. The predicted octanol–water partition coefficient (Wildman–Crippen LogP) is 2.21. The molecule has 2 unspecified atom stereocenters. The molecular formula is C14H26N2O. The predicted molar refractivity (Wildman–Crippen MR) is 69.8 cm³/mol. The van der Waals surface area contributed by atoms with Crippen molar-refractivity contribution in [3.63, 3.8) is 0 Å². The molecule has 0 radical (unpaired) electrons. The summed E-state index contributed by atoms with van der Waals surface area (Å²) in [6.45, 7) is 5.43. The SMILES string of the molecule is CC1CCNC(C(=O)NC2(C)CCCCC2)C1. The van der Waals surface area contributed by atoms with Gasteiger partial charge in [0.2, 0.25) is 5.91 Å². The molecule has 0 aromatic carbocycles. The number of rotatable bonds is 2. The molecule has 1 aliphatic carbocycles. The van der Waals surface area contributed by atoms with Crippen molar-refractivity contribution in [3.05, 3.63) is 0 Å². The van der Waals surface area contributed by atoms with Crippen molar-refractivity contribution in [2.24, 2.45) is 5.92 Å². The van der Waals surface area contributed by atoms with Crippen molar-refractivity contribution in [2.45, 2.75) is 70.4 Å². The molecule has 1 heterocycles. The summed E-state index contributed by atoms with van der Waals surface area (Å²) in [4.78, 5) is 12.2. The number of carbonyl (C=O) groups excluding carboxylic acids is 1. The van der Waals surface area contributed by atoms with E-state index < -0.39 is 0 Å². The highest BCUT2D eigenvalue weighted by molar-refractivity contribution is 5.82. The zero-order valence-corrected chi connectivity index (χ0v) is 11.2. The van der Waals surface area contributed by atoms with Crippen LogP contribution in [-0.4, -0.2) is 24.0 Å². The van der Waals surface area contributed by atoms with Gasteiger partial charge in [0.05, 0.1) is 6.04 Å². The lowest BCUT2D eigenvalue weighted by molar-refractivity contribution is -0.126. The number of piperidine rings is 1. The molecule has 1 saturated heterocycles. The fourth-order valence-electron chi connectivity index (χ4n) is 3.15. The standard InChI is InChI=1S/C14H26N2O/c1-11-6-9-15-12(10-11)13(17)16-14(2)7-4-3-5-8-14/h11-12,15H,3-10H2,1-2H3,(H,16,17). The summed E-state index contributed by atoms with van der Waals surface area (Å²) in [6.07, 6.45) is 8.30. The van der Waals surface area contributed by atoms with Crippen molar-refractivity contribution in [1.29, 1.82) is 0 Å². The van der Waals surface area contributed by atoms with Crippen LogP contribution in [0, 0.1) is 5.92 Å². The maximum Gasteiger partial charge on any atom is 0.237 e. The molecule has 2 N–H and O–H groups in total. The van der Waals surface area contributed by atoms with Crippen LogP contribution in [0.15, 0.2) is 0 Å². The lowest BCUT2D eigenvalue weighted by atomic mass is 9.83. The molecule has 1 saturated carbocycles. The number of hydrogen-bond acceptors (Lipinski definition) is 2. The molecular weight excluding hydrogens is 212 g/mol. The van der Waals surface area contributed by atoms with Gasteiger partial charge < -0.3 is 10.6 Å². The molecule has 3 heteroatoms. The first kappa shape index (κ1) is 12.9. The molecule has 2 fully saturated rings. The quantitative estimate of drug-likeness (QED) is 0.774. The van der Waals surface area contributed by atoms with Crippen molar-refractivity contribution >= 4 is 5.91 Å². The highest BCUT2D eigenvalue weighted by Crippen LogP contribution is 2.28. The van der Waals surface area contributed by atoms with Gasteiger partial charge in [0.25, 0.3) is 0 Å². The Balaban J connectivity index is 1.87. The Morgan fingerprint density at radius 2 is 2.00 bits per heavy atom. The molecule has 98 valence electrons. The number of nitrogens with one attached hydrogen (secondary N) is 2. The summed E-state index contributed by atoms with van der Waals surface area (Å²) in [7, 11) is 0. The van der Waals surface area contributed by atoms with E-state index in [1.54, 1.807) is 0 Å². The van der Waals surface area contributed by atoms with Gasteiger partial charge in [0, 0.05) is 5.54 Å². The number of hydrogen-bond donors (Lipinski definition) is 2. The third-order valence-corrected chi connectivity index (χ3v) is 4.36. The summed E-state index contributed by atoms with van der Waals surface area (Å²) in [5.74, 6) is 0.895. The van der Waals surface area contributed by atoms with Crippen LogP contribution >= 0.6 is 0 Å². The molecule has 2 atom stereocenters. The van der Waals surface area contributed by atoms with Crippen molar-refractivity contribution in [3.8, 4) is 0 Å². The Bertz CT molecular complexity index is 271. The topological polar surface area (TPSA) is 41.1 Å². The summed E-state index contributed by atoms with van der Waals surface area (Å²) in [5.41, 5.74) is 0.0533. The average molecular weight is 238 g/mol. The second kappa shape index (κ2) is 5.38. The summed E-state index contributed by atoms with van der Waals surface area (Å²) >= 11 is 0. The number of amides is 1. The van der Waals surface area contributed by atoms with Crippen LogP contribution in [-0.2, 0) is 4.79 Å². The first-order valence-corrected chi connectivity index (χ1v) is 7.14. The Morgan fingerprint density at radius 3 is 2.65 bits per heavy atom. The third-order valence-electron chi connectivity index (χ3n) is 4.36. The van der Waals surface area contributed by atoms with Crippen LogP contribution in [0.25, 0.3) is 0 Å². The highest BCUT2D eigenvalue weighted by atomic mass is 16.2. The molecule has 1 amide bonds. The van der Waals surface area contributed by atoms with E-state index in [0.29, 0.717) is 5.92 Å². The smallest absolute Gasteiger partial charge is 0.237 e. The number of carbonyl (C=O) groups is 1. The van der Waals surface area contributed by atoms with Crippen LogP contribution < -0.4 is 10.6 Å². The van der Waals surface area contributed by atoms with E-state index in [9.17, 15) is 4.79 Å². The average Bonchev–Trinajstić information content (AvgIpc) is 2.29. The molecule has 1 aliphatic heterocycles. The first-order chi connectivity index (χ1) is 8.09. The van der Waals surface area contributed by atoms with E-state index in [2.05, 4.69) is 24.5 Å². The van der Waals surface area contributed by atoms with Gasteiger partial charge in [-0.25, -0.2) is 0 Å². The zero-order chi connectivity index (χ0) is 12.3. The highest BCUT2D eigenvalue weighted by Gasteiger charge is 2.32. The van der Waals surface area contributed by atoms with Crippen LogP contribution in [0.1, 0.15) is 58.8 Å². The van der Waals surface area contributed by atoms with E-state index in [1.807, 2.05) is 0 Å².